The van der Waals surface area contributed by atoms with Gasteiger partial charge in [0.05, 0.1) is 18.2 Å². The maximum Gasteiger partial charge on any atom is 0.238 e. The minimum absolute atomic E-state index is 0.114. The Kier molecular flexibility index (Phi) is 7.39. The highest BCUT2D eigenvalue weighted by Crippen LogP contribution is 2.08. The molecule has 0 aromatic heterocycles. The van der Waals surface area contributed by atoms with Crippen molar-refractivity contribution in [2.45, 2.75) is 51.8 Å². The van der Waals surface area contributed by atoms with E-state index >= 15 is 0 Å². The van der Waals surface area contributed by atoms with Crippen LogP contribution < -0.4 is 10.6 Å². The molecule has 0 saturated carbocycles. The summed E-state index contributed by atoms with van der Waals surface area (Å²) in [6.45, 7) is 7.38. The van der Waals surface area contributed by atoms with E-state index in [0.29, 0.717) is 6.42 Å². The number of carbonyl (C=O) groups is 2. The van der Waals surface area contributed by atoms with Crippen LogP contribution in [0.2, 0.25) is 0 Å². The van der Waals surface area contributed by atoms with Crippen molar-refractivity contribution in [1.29, 1.82) is 0 Å². The van der Waals surface area contributed by atoms with Crippen LogP contribution in [-0.4, -0.2) is 43.0 Å². The van der Waals surface area contributed by atoms with Crippen LogP contribution in [0.3, 0.4) is 0 Å². The van der Waals surface area contributed by atoms with Crippen LogP contribution >= 0.6 is 0 Å². The van der Waals surface area contributed by atoms with Crippen molar-refractivity contribution in [3.63, 3.8) is 0 Å². The van der Waals surface area contributed by atoms with Gasteiger partial charge in [0.15, 0.2) is 5.78 Å². The molecule has 0 fully saturated rings. The number of Topliss-reactive ketones (excluding diaryl/α,β-unsaturated/α-hetero) is 1. The Bertz CT molecular complexity index is 509. The summed E-state index contributed by atoms with van der Waals surface area (Å²) < 4.78 is 5.63. The predicted octanol–water partition coefficient (Wildman–Crippen LogP) is 1.71. The molecule has 0 spiro atoms. The highest BCUT2D eigenvalue weighted by Gasteiger charge is 2.24. The van der Waals surface area contributed by atoms with Gasteiger partial charge in [0.2, 0.25) is 5.91 Å². The molecule has 0 heterocycles. The first kappa shape index (κ1) is 19.3. The number of amides is 1. The van der Waals surface area contributed by atoms with Crippen molar-refractivity contribution in [3.05, 3.63) is 35.9 Å². The van der Waals surface area contributed by atoms with E-state index in [9.17, 15) is 9.59 Å². The third kappa shape index (κ3) is 7.39. The number of ketones is 1. The Hall–Kier alpha value is -1.72. The summed E-state index contributed by atoms with van der Waals surface area (Å²) in [5.74, 6) is -0.314. The fourth-order valence-electron chi connectivity index (χ4n) is 2.04. The molecule has 0 unspecified atom stereocenters. The van der Waals surface area contributed by atoms with Gasteiger partial charge in [-0.05, 0) is 46.7 Å². The second-order valence-electron chi connectivity index (χ2n) is 6.63. The highest BCUT2D eigenvalue weighted by molar-refractivity contribution is 5.89. The molecular weight excluding hydrogens is 292 g/mol. The molecule has 128 valence electrons. The quantitative estimate of drug-likeness (QED) is 0.765. The smallest absolute Gasteiger partial charge is 0.238 e. The third-order valence-electron chi connectivity index (χ3n) is 3.44. The summed E-state index contributed by atoms with van der Waals surface area (Å²) in [4.78, 5) is 24.2. The van der Waals surface area contributed by atoms with Crippen LogP contribution in [0.5, 0.6) is 0 Å². The summed E-state index contributed by atoms with van der Waals surface area (Å²) >= 11 is 0. The molecule has 5 heteroatoms. The Morgan fingerprint density at radius 1 is 1.13 bits per heavy atom. The molecule has 0 aliphatic rings. The number of hydrogen-bond donors (Lipinski definition) is 2. The van der Waals surface area contributed by atoms with E-state index < -0.39 is 12.1 Å². The summed E-state index contributed by atoms with van der Waals surface area (Å²) in [7, 11) is 1.74. The van der Waals surface area contributed by atoms with E-state index in [2.05, 4.69) is 10.6 Å². The van der Waals surface area contributed by atoms with Gasteiger partial charge < -0.3 is 15.4 Å². The Labute approximate surface area is 138 Å². The average Bonchev–Trinajstić information content (AvgIpc) is 2.48. The van der Waals surface area contributed by atoms with Gasteiger partial charge in [-0.15, -0.1) is 0 Å². The highest BCUT2D eigenvalue weighted by atomic mass is 16.5. The summed E-state index contributed by atoms with van der Waals surface area (Å²) in [6.07, 6.45) is 0.563. The maximum absolute atomic E-state index is 12.4. The molecule has 0 aliphatic carbocycles. The number of carbonyl (C=O) groups excluding carboxylic acids is 2. The lowest BCUT2D eigenvalue weighted by molar-refractivity contribution is -0.130. The van der Waals surface area contributed by atoms with E-state index in [1.165, 1.54) is 6.92 Å². The van der Waals surface area contributed by atoms with Crippen LogP contribution in [0.1, 0.15) is 33.3 Å². The second kappa shape index (κ2) is 8.79. The zero-order chi connectivity index (χ0) is 17.5. The van der Waals surface area contributed by atoms with Crippen molar-refractivity contribution in [2.24, 2.45) is 0 Å². The molecule has 0 bridgehead atoms. The second-order valence-corrected chi connectivity index (χ2v) is 6.63. The lowest BCUT2D eigenvalue weighted by Gasteiger charge is -2.25. The van der Waals surface area contributed by atoms with Crippen molar-refractivity contribution in [3.8, 4) is 0 Å². The molecule has 23 heavy (non-hydrogen) atoms. The maximum atomic E-state index is 12.4. The van der Waals surface area contributed by atoms with Crippen molar-refractivity contribution in [1.82, 2.24) is 10.6 Å². The number of benzene rings is 1. The Balaban J connectivity index is 2.66. The number of likely N-dealkylation sites (N-methyl/N-ethyl adjacent to an activating group) is 1. The minimum atomic E-state index is -0.631. The molecule has 0 aliphatic heterocycles. The molecule has 0 radical (unpaired) electrons. The van der Waals surface area contributed by atoms with Crippen molar-refractivity contribution >= 4 is 11.7 Å². The summed E-state index contributed by atoms with van der Waals surface area (Å²) in [5.41, 5.74) is 0.706. The summed E-state index contributed by atoms with van der Waals surface area (Å²) in [6, 6.07) is 8.74. The number of ether oxygens (including phenoxy) is 1. The molecule has 5 nitrogen and oxygen atoms in total. The van der Waals surface area contributed by atoms with E-state index in [1.54, 1.807) is 7.05 Å². The van der Waals surface area contributed by atoms with Crippen molar-refractivity contribution in [2.75, 3.05) is 13.7 Å². The average molecular weight is 320 g/mol. The van der Waals surface area contributed by atoms with Crippen LogP contribution in [-0.2, 0) is 20.7 Å². The largest absolute Gasteiger partial charge is 0.373 e. The van der Waals surface area contributed by atoms with E-state index in [0.717, 1.165) is 5.56 Å². The fraction of sp³-hybridized carbons (Fsp3) is 0.556. The monoisotopic (exact) mass is 320 g/mol. The topological polar surface area (TPSA) is 67.4 Å². The molecule has 1 rings (SSSR count). The number of hydrogen-bond acceptors (Lipinski definition) is 4. The Morgan fingerprint density at radius 3 is 2.22 bits per heavy atom. The van der Waals surface area contributed by atoms with Crippen LogP contribution in [0, 0.1) is 0 Å². The van der Waals surface area contributed by atoms with Gasteiger partial charge in [0, 0.05) is 0 Å². The van der Waals surface area contributed by atoms with Gasteiger partial charge in [-0.3, -0.25) is 9.59 Å². The van der Waals surface area contributed by atoms with Gasteiger partial charge in [-0.25, -0.2) is 0 Å². The summed E-state index contributed by atoms with van der Waals surface area (Å²) in [5, 5.41) is 5.79. The molecule has 1 amide bonds. The molecular formula is C18H28N2O3. The number of nitrogens with one attached hydrogen (secondary N) is 2. The molecule has 1 aromatic carbocycles. The molecule has 1 aromatic rings. The van der Waals surface area contributed by atoms with Gasteiger partial charge >= 0.3 is 0 Å². The predicted molar refractivity (Wildman–Crippen MR) is 91.3 cm³/mol. The third-order valence-corrected chi connectivity index (χ3v) is 3.44. The van der Waals surface area contributed by atoms with Gasteiger partial charge in [0.1, 0.15) is 6.04 Å². The van der Waals surface area contributed by atoms with E-state index in [4.69, 9.17) is 4.74 Å². The van der Waals surface area contributed by atoms with E-state index in [1.807, 2.05) is 51.1 Å². The standard InChI is InChI=1S/C18H28N2O3/c1-13(21)16(12-23-18(2,3)4)20-17(22)15(19-5)11-14-9-7-6-8-10-14/h6-10,15-16,19H,11-12H2,1-5H3,(H,20,22)/t15-,16-/m0/s1. The molecule has 2 N–H and O–H groups in total. The fourth-order valence-corrected chi connectivity index (χ4v) is 2.04. The van der Waals surface area contributed by atoms with Crippen LogP contribution in [0.25, 0.3) is 0 Å². The lowest BCUT2D eigenvalue weighted by Crippen LogP contribution is -2.52. The first-order chi connectivity index (χ1) is 10.7. The zero-order valence-electron chi connectivity index (χ0n) is 14.7. The zero-order valence-corrected chi connectivity index (χ0v) is 14.7. The first-order valence-corrected chi connectivity index (χ1v) is 7.89. The van der Waals surface area contributed by atoms with Gasteiger partial charge in [0.25, 0.3) is 0 Å². The molecule has 0 saturated heterocycles. The van der Waals surface area contributed by atoms with Gasteiger partial charge in [-0.2, -0.15) is 0 Å². The first-order valence-electron chi connectivity index (χ1n) is 7.89. The normalized spacial score (nSPS) is 14.1. The minimum Gasteiger partial charge on any atom is -0.373 e. The van der Waals surface area contributed by atoms with Crippen molar-refractivity contribution < 1.29 is 14.3 Å². The SMILES string of the molecule is CN[C@@H](Cc1ccccc1)C(=O)N[C@@H](COC(C)(C)C)C(C)=O. The lowest BCUT2D eigenvalue weighted by atomic mass is 10.0. The molecule has 2 atom stereocenters. The van der Waals surface area contributed by atoms with Gasteiger partial charge in [-0.1, -0.05) is 30.3 Å². The van der Waals surface area contributed by atoms with Crippen LogP contribution in [0.15, 0.2) is 30.3 Å². The number of rotatable bonds is 8. The van der Waals surface area contributed by atoms with E-state index in [-0.39, 0.29) is 23.9 Å². The Morgan fingerprint density at radius 2 is 1.74 bits per heavy atom. The van der Waals surface area contributed by atoms with Crippen LogP contribution in [0.4, 0.5) is 0 Å².